The molecular formula is C11H27N4+. The van der Waals surface area contributed by atoms with E-state index in [1.807, 2.05) is 0 Å². The summed E-state index contributed by atoms with van der Waals surface area (Å²) < 4.78 is 1.20. The lowest BCUT2D eigenvalue weighted by molar-refractivity contribution is -0.913. The summed E-state index contributed by atoms with van der Waals surface area (Å²) in [5.41, 5.74) is 11.1. The Morgan fingerprint density at radius 3 is 2.20 bits per heavy atom. The average Bonchev–Trinajstić information content (AvgIpc) is 2.26. The molecule has 0 unspecified atom stereocenters. The van der Waals surface area contributed by atoms with Crippen LogP contribution in [0, 0.1) is 0 Å². The first-order valence-corrected chi connectivity index (χ1v) is 6.16. The molecule has 1 saturated heterocycles. The maximum absolute atomic E-state index is 5.56. The topological polar surface area (TPSA) is 55.3 Å². The highest BCUT2D eigenvalue weighted by molar-refractivity contribution is 4.63. The molecule has 0 aromatic carbocycles. The van der Waals surface area contributed by atoms with Gasteiger partial charge in [-0.05, 0) is 26.1 Å². The molecule has 4 heteroatoms. The third-order valence-electron chi connectivity index (χ3n) is 3.49. The van der Waals surface area contributed by atoms with Gasteiger partial charge in [-0.25, -0.2) is 0 Å². The van der Waals surface area contributed by atoms with Gasteiger partial charge in [0, 0.05) is 19.5 Å². The van der Waals surface area contributed by atoms with Crippen LogP contribution >= 0.6 is 0 Å². The van der Waals surface area contributed by atoms with Gasteiger partial charge < -0.3 is 16.0 Å². The van der Waals surface area contributed by atoms with E-state index in [1.54, 1.807) is 0 Å². The lowest BCUT2D eigenvalue weighted by Gasteiger charge is -2.42. The molecule has 1 rings (SSSR count). The number of quaternary nitrogens is 1. The Kier molecular flexibility index (Phi) is 5.53. The van der Waals surface area contributed by atoms with Gasteiger partial charge in [0.15, 0.2) is 0 Å². The van der Waals surface area contributed by atoms with Crippen LogP contribution in [0.1, 0.15) is 12.8 Å². The molecule has 0 saturated carbocycles. The smallest absolute Gasteiger partial charge is 0.0914 e. The molecule has 4 N–H and O–H groups in total. The number of hydrogen-bond donors (Lipinski definition) is 2. The second-order valence-corrected chi connectivity index (χ2v) is 4.92. The molecule has 0 atom stereocenters. The van der Waals surface area contributed by atoms with Gasteiger partial charge in [0.05, 0.1) is 26.7 Å². The predicted octanol–water partition coefficient (Wildman–Crippen LogP) is -0.554. The van der Waals surface area contributed by atoms with Crippen molar-refractivity contribution in [1.82, 2.24) is 4.90 Å². The van der Waals surface area contributed by atoms with Crippen LogP contribution in [-0.2, 0) is 0 Å². The molecule has 15 heavy (non-hydrogen) atoms. The summed E-state index contributed by atoms with van der Waals surface area (Å²) in [4.78, 5) is 2.54. The molecule has 0 bridgehead atoms. The van der Waals surface area contributed by atoms with E-state index in [0.717, 1.165) is 25.9 Å². The minimum absolute atomic E-state index is 0.815. The Labute approximate surface area is 93.8 Å². The van der Waals surface area contributed by atoms with Crippen LogP contribution in [0.25, 0.3) is 0 Å². The van der Waals surface area contributed by atoms with Crippen LogP contribution in [0.15, 0.2) is 0 Å². The summed E-state index contributed by atoms with van der Waals surface area (Å²) in [6, 6.07) is 0. The maximum atomic E-state index is 5.56. The van der Waals surface area contributed by atoms with Gasteiger partial charge in [0.1, 0.15) is 0 Å². The average molecular weight is 215 g/mol. The second kappa shape index (κ2) is 6.43. The van der Waals surface area contributed by atoms with Crippen molar-refractivity contribution < 1.29 is 4.48 Å². The number of likely N-dealkylation sites (N-methyl/N-ethyl adjacent to an activating group) is 1. The van der Waals surface area contributed by atoms with E-state index >= 15 is 0 Å². The lowest BCUT2D eigenvalue weighted by atomic mass is 10.2. The highest BCUT2D eigenvalue weighted by Crippen LogP contribution is 2.10. The lowest BCUT2D eigenvalue weighted by Crippen LogP contribution is -2.57. The van der Waals surface area contributed by atoms with Crippen LogP contribution in [-0.4, -0.2) is 68.8 Å². The zero-order valence-electron chi connectivity index (χ0n) is 10.1. The molecule has 1 aliphatic heterocycles. The molecule has 1 aliphatic rings. The Morgan fingerprint density at radius 1 is 1.07 bits per heavy atom. The predicted molar refractivity (Wildman–Crippen MR) is 64.6 cm³/mol. The van der Waals surface area contributed by atoms with Crippen LogP contribution in [0.4, 0.5) is 0 Å². The molecule has 4 nitrogen and oxygen atoms in total. The second-order valence-electron chi connectivity index (χ2n) is 4.92. The molecule has 90 valence electrons. The zero-order chi connectivity index (χ0) is 11.1. The summed E-state index contributed by atoms with van der Waals surface area (Å²) in [5.74, 6) is 0. The van der Waals surface area contributed by atoms with Crippen molar-refractivity contribution in [2.45, 2.75) is 12.8 Å². The summed E-state index contributed by atoms with van der Waals surface area (Å²) in [7, 11) is 2.36. The van der Waals surface area contributed by atoms with Crippen LogP contribution in [0.5, 0.6) is 0 Å². The number of piperazine rings is 1. The molecule has 1 fully saturated rings. The molecule has 0 aliphatic carbocycles. The van der Waals surface area contributed by atoms with E-state index in [0.29, 0.717) is 0 Å². The van der Waals surface area contributed by atoms with Crippen LogP contribution < -0.4 is 11.5 Å². The quantitative estimate of drug-likeness (QED) is 0.584. The molecule has 0 spiro atoms. The normalized spacial score (nSPS) is 21.8. The molecular weight excluding hydrogens is 188 g/mol. The fourth-order valence-electron chi connectivity index (χ4n) is 2.22. The first kappa shape index (κ1) is 12.9. The largest absolute Gasteiger partial charge is 0.330 e. The third kappa shape index (κ3) is 4.47. The Balaban J connectivity index is 2.21. The van der Waals surface area contributed by atoms with E-state index in [2.05, 4.69) is 11.9 Å². The standard InChI is InChI=1S/C11H27N4/c1-15(9-3-5-13)10-7-14(8-11-15)6-2-4-12/h2-13H2,1H3/q+1. The molecule has 1 heterocycles. The number of nitrogens with two attached hydrogens (primary N) is 2. The van der Waals surface area contributed by atoms with Gasteiger partial charge in [0.2, 0.25) is 0 Å². The Bertz CT molecular complexity index is 164. The fraction of sp³-hybridized carbons (Fsp3) is 1.00. The van der Waals surface area contributed by atoms with Crippen molar-refractivity contribution in [2.75, 3.05) is 59.4 Å². The summed E-state index contributed by atoms with van der Waals surface area (Å²) >= 11 is 0. The monoisotopic (exact) mass is 215 g/mol. The van der Waals surface area contributed by atoms with Crippen molar-refractivity contribution in [3.05, 3.63) is 0 Å². The van der Waals surface area contributed by atoms with Crippen molar-refractivity contribution in [3.63, 3.8) is 0 Å². The minimum Gasteiger partial charge on any atom is -0.330 e. The van der Waals surface area contributed by atoms with Crippen molar-refractivity contribution >= 4 is 0 Å². The van der Waals surface area contributed by atoms with E-state index in [1.165, 1.54) is 43.8 Å². The molecule has 0 radical (unpaired) electrons. The zero-order valence-corrected chi connectivity index (χ0v) is 10.1. The Hall–Kier alpha value is -0.160. The van der Waals surface area contributed by atoms with Gasteiger partial charge in [-0.3, -0.25) is 4.90 Å². The maximum Gasteiger partial charge on any atom is 0.0914 e. The molecule has 0 amide bonds. The fourth-order valence-corrected chi connectivity index (χ4v) is 2.22. The Morgan fingerprint density at radius 2 is 1.67 bits per heavy atom. The van der Waals surface area contributed by atoms with Crippen LogP contribution in [0.2, 0.25) is 0 Å². The third-order valence-corrected chi connectivity index (χ3v) is 3.49. The van der Waals surface area contributed by atoms with Crippen molar-refractivity contribution in [2.24, 2.45) is 11.5 Å². The summed E-state index contributed by atoms with van der Waals surface area (Å²) in [6.07, 6.45) is 2.28. The number of hydrogen-bond acceptors (Lipinski definition) is 3. The van der Waals surface area contributed by atoms with Gasteiger partial charge in [-0.1, -0.05) is 0 Å². The van der Waals surface area contributed by atoms with Gasteiger partial charge >= 0.3 is 0 Å². The first-order chi connectivity index (χ1) is 7.20. The van der Waals surface area contributed by atoms with Gasteiger partial charge in [0.25, 0.3) is 0 Å². The van der Waals surface area contributed by atoms with E-state index in [-0.39, 0.29) is 0 Å². The SMILES string of the molecule is C[N+]1(CCCN)CCN(CCCN)CC1. The first-order valence-electron chi connectivity index (χ1n) is 6.16. The van der Waals surface area contributed by atoms with E-state index < -0.39 is 0 Å². The van der Waals surface area contributed by atoms with Crippen LogP contribution in [0.3, 0.4) is 0 Å². The van der Waals surface area contributed by atoms with Gasteiger partial charge in [-0.15, -0.1) is 0 Å². The molecule has 0 aromatic rings. The van der Waals surface area contributed by atoms with E-state index in [9.17, 15) is 0 Å². The highest BCUT2D eigenvalue weighted by Gasteiger charge is 2.27. The van der Waals surface area contributed by atoms with Gasteiger partial charge in [-0.2, -0.15) is 0 Å². The molecule has 0 aromatic heterocycles. The number of rotatable bonds is 6. The van der Waals surface area contributed by atoms with Crippen molar-refractivity contribution in [3.8, 4) is 0 Å². The van der Waals surface area contributed by atoms with E-state index in [4.69, 9.17) is 11.5 Å². The number of nitrogens with zero attached hydrogens (tertiary/aromatic N) is 2. The minimum atomic E-state index is 0.815. The van der Waals surface area contributed by atoms with Crippen molar-refractivity contribution in [1.29, 1.82) is 0 Å². The summed E-state index contributed by atoms with van der Waals surface area (Å²) in [6.45, 7) is 9.03. The summed E-state index contributed by atoms with van der Waals surface area (Å²) in [5, 5.41) is 0. The highest BCUT2D eigenvalue weighted by atomic mass is 15.4.